The number of hydrogen-bond donors (Lipinski definition) is 1. The predicted octanol–water partition coefficient (Wildman–Crippen LogP) is 4.62. The predicted molar refractivity (Wildman–Crippen MR) is 90.4 cm³/mol. The van der Waals surface area contributed by atoms with Crippen LogP contribution in [0.4, 0.5) is 5.69 Å². The van der Waals surface area contributed by atoms with Crippen molar-refractivity contribution in [2.45, 2.75) is 12.5 Å². The molecule has 0 aliphatic rings. The van der Waals surface area contributed by atoms with Gasteiger partial charge in [0.15, 0.2) is 0 Å². The van der Waals surface area contributed by atoms with Gasteiger partial charge in [0.2, 0.25) is 0 Å². The Morgan fingerprint density at radius 1 is 1.14 bits per heavy atom. The molecule has 0 saturated carbocycles. The normalized spacial score (nSPS) is 12.1. The minimum Gasteiger partial charge on any atom is -0.313 e. The Morgan fingerprint density at radius 2 is 1.71 bits per heavy atom. The molecule has 21 heavy (non-hydrogen) atoms. The fourth-order valence-corrected chi connectivity index (χ4v) is 3.48. The number of hydrogen-bond acceptors (Lipinski definition) is 3. The van der Waals surface area contributed by atoms with Crippen molar-refractivity contribution in [3.8, 4) is 0 Å². The highest BCUT2D eigenvalue weighted by molar-refractivity contribution is 9.11. The Bertz CT molecular complexity index is 624. The summed E-state index contributed by atoms with van der Waals surface area (Å²) in [5, 5.41) is 14.0. The van der Waals surface area contributed by atoms with E-state index in [-0.39, 0.29) is 16.7 Å². The van der Waals surface area contributed by atoms with Gasteiger partial charge in [0.25, 0.3) is 5.69 Å². The van der Waals surface area contributed by atoms with Crippen LogP contribution in [0.3, 0.4) is 0 Å². The molecule has 0 bridgehead atoms. The van der Waals surface area contributed by atoms with E-state index in [0.717, 1.165) is 26.5 Å². The highest BCUT2D eigenvalue weighted by Crippen LogP contribution is 2.26. The van der Waals surface area contributed by atoms with E-state index in [0.29, 0.717) is 0 Å². The summed E-state index contributed by atoms with van der Waals surface area (Å²) in [4.78, 5) is 10.3. The van der Waals surface area contributed by atoms with E-state index in [1.165, 1.54) is 0 Å². The summed E-state index contributed by atoms with van der Waals surface area (Å²) in [6.07, 6.45) is 0.761. The van der Waals surface area contributed by atoms with Crippen molar-refractivity contribution in [1.82, 2.24) is 5.32 Å². The summed E-state index contributed by atoms with van der Waals surface area (Å²) in [5.41, 5.74) is 2.32. The number of nitro groups is 1. The van der Waals surface area contributed by atoms with E-state index in [9.17, 15) is 10.1 Å². The van der Waals surface area contributed by atoms with Crippen molar-refractivity contribution in [1.29, 1.82) is 0 Å². The number of rotatable bonds is 5. The number of halogens is 2. The Morgan fingerprint density at radius 3 is 2.19 bits per heavy atom. The Balaban J connectivity index is 2.20. The maximum absolute atomic E-state index is 10.7. The maximum Gasteiger partial charge on any atom is 0.269 e. The molecule has 0 spiro atoms. The lowest BCUT2D eigenvalue weighted by atomic mass is 9.99. The molecule has 1 atom stereocenters. The van der Waals surface area contributed by atoms with Crippen molar-refractivity contribution in [2.75, 3.05) is 7.05 Å². The molecule has 0 aliphatic heterocycles. The zero-order valence-electron chi connectivity index (χ0n) is 11.3. The van der Waals surface area contributed by atoms with Crippen LogP contribution in [-0.2, 0) is 6.42 Å². The summed E-state index contributed by atoms with van der Waals surface area (Å²) in [7, 11) is 1.91. The molecule has 1 N–H and O–H groups in total. The molecule has 2 rings (SSSR count). The lowest BCUT2D eigenvalue weighted by Gasteiger charge is -2.17. The van der Waals surface area contributed by atoms with E-state index in [4.69, 9.17) is 0 Å². The van der Waals surface area contributed by atoms with Gasteiger partial charge in [-0.3, -0.25) is 10.1 Å². The van der Waals surface area contributed by atoms with Gasteiger partial charge in [-0.05, 0) is 42.8 Å². The standard InChI is InChI=1S/C15H14Br2N2O2/c1-18-15(11-7-12(16)9-13(17)8-11)6-10-2-4-14(5-3-10)19(20)21/h2-5,7-9,15,18H,6H2,1H3. The molecule has 2 aromatic rings. The largest absolute Gasteiger partial charge is 0.313 e. The number of non-ortho nitro benzene ring substituents is 1. The van der Waals surface area contributed by atoms with Crippen LogP contribution in [0.25, 0.3) is 0 Å². The molecule has 0 heterocycles. The quantitative estimate of drug-likeness (QED) is 0.574. The summed E-state index contributed by atoms with van der Waals surface area (Å²) >= 11 is 6.98. The van der Waals surface area contributed by atoms with Crippen molar-refractivity contribution in [3.05, 3.63) is 72.7 Å². The minimum absolute atomic E-state index is 0.116. The van der Waals surface area contributed by atoms with Crippen LogP contribution < -0.4 is 5.32 Å². The monoisotopic (exact) mass is 412 g/mol. The van der Waals surface area contributed by atoms with Crippen molar-refractivity contribution in [3.63, 3.8) is 0 Å². The molecule has 0 amide bonds. The Kier molecular flexibility index (Phi) is 5.50. The van der Waals surface area contributed by atoms with Gasteiger partial charge < -0.3 is 5.32 Å². The minimum atomic E-state index is -0.384. The third kappa shape index (κ3) is 4.36. The smallest absolute Gasteiger partial charge is 0.269 e. The molecule has 0 saturated heterocycles. The van der Waals surface area contributed by atoms with Gasteiger partial charge in [-0.15, -0.1) is 0 Å². The van der Waals surface area contributed by atoms with Crippen molar-refractivity contribution >= 4 is 37.5 Å². The molecule has 4 nitrogen and oxygen atoms in total. The molecule has 6 heteroatoms. The van der Waals surface area contributed by atoms with Crippen molar-refractivity contribution < 1.29 is 4.92 Å². The first-order chi connectivity index (χ1) is 9.99. The zero-order chi connectivity index (χ0) is 15.4. The van der Waals surface area contributed by atoms with Gasteiger partial charge in [-0.2, -0.15) is 0 Å². The topological polar surface area (TPSA) is 55.2 Å². The van der Waals surface area contributed by atoms with E-state index >= 15 is 0 Å². The van der Waals surface area contributed by atoms with Gasteiger partial charge in [-0.1, -0.05) is 44.0 Å². The summed E-state index contributed by atoms with van der Waals surface area (Å²) in [5.74, 6) is 0. The lowest BCUT2D eigenvalue weighted by Crippen LogP contribution is -2.18. The van der Waals surface area contributed by atoms with Crippen LogP contribution in [0.15, 0.2) is 51.4 Å². The first-order valence-corrected chi connectivity index (χ1v) is 7.95. The van der Waals surface area contributed by atoms with Crippen molar-refractivity contribution in [2.24, 2.45) is 0 Å². The highest BCUT2D eigenvalue weighted by Gasteiger charge is 2.12. The Labute approximate surface area is 140 Å². The lowest BCUT2D eigenvalue weighted by molar-refractivity contribution is -0.384. The summed E-state index contributed by atoms with van der Waals surface area (Å²) < 4.78 is 2.02. The second-order valence-electron chi connectivity index (χ2n) is 4.67. The molecule has 1 unspecified atom stereocenters. The number of benzene rings is 2. The molecule has 0 aromatic heterocycles. The van der Waals surface area contributed by atoms with E-state index in [2.05, 4.69) is 49.3 Å². The van der Waals surface area contributed by atoms with Gasteiger partial charge in [-0.25, -0.2) is 0 Å². The van der Waals surface area contributed by atoms with Gasteiger partial charge >= 0.3 is 0 Å². The van der Waals surface area contributed by atoms with Crippen LogP contribution in [-0.4, -0.2) is 12.0 Å². The fourth-order valence-electron chi connectivity index (χ4n) is 2.15. The third-order valence-corrected chi connectivity index (χ3v) is 4.14. The molecule has 110 valence electrons. The SMILES string of the molecule is CNC(Cc1ccc([N+](=O)[O-])cc1)c1cc(Br)cc(Br)c1. The van der Waals surface area contributed by atoms with Gasteiger partial charge in [0.05, 0.1) is 4.92 Å². The number of likely N-dealkylation sites (N-methyl/N-ethyl adjacent to an activating group) is 1. The number of nitrogens with zero attached hydrogens (tertiary/aromatic N) is 1. The number of nitro benzene ring substituents is 1. The average molecular weight is 414 g/mol. The molecular formula is C15H14Br2N2O2. The molecule has 0 aliphatic carbocycles. The molecular weight excluding hydrogens is 400 g/mol. The van der Waals surface area contributed by atoms with Crippen LogP contribution in [0.1, 0.15) is 17.2 Å². The Hall–Kier alpha value is -1.24. The van der Waals surface area contributed by atoms with Gasteiger partial charge in [0, 0.05) is 27.1 Å². The second kappa shape index (κ2) is 7.15. The molecule has 2 aromatic carbocycles. The van der Waals surface area contributed by atoms with Gasteiger partial charge in [0.1, 0.15) is 0 Å². The highest BCUT2D eigenvalue weighted by atomic mass is 79.9. The fraction of sp³-hybridized carbons (Fsp3) is 0.200. The first-order valence-electron chi connectivity index (χ1n) is 6.36. The van der Waals surface area contributed by atoms with E-state index in [1.807, 2.05) is 13.1 Å². The van der Waals surface area contributed by atoms with Crippen LogP contribution >= 0.6 is 31.9 Å². The maximum atomic E-state index is 10.7. The molecule has 0 radical (unpaired) electrons. The summed E-state index contributed by atoms with van der Waals surface area (Å²) in [6.45, 7) is 0. The second-order valence-corrected chi connectivity index (χ2v) is 6.50. The van der Waals surface area contributed by atoms with Crippen LogP contribution in [0, 0.1) is 10.1 Å². The van der Waals surface area contributed by atoms with E-state index < -0.39 is 0 Å². The third-order valence-electron chi connectivity index (χ3n) is 3.22. The van der Waals surface area contributed by atoms with Crippen LogP contribution in [0.2, 0.25) is 0 Å². The number of nitrogens with one attached hydrogen (secondary N) is 1. The summed E-state index contributed by atoms with van der Waals surface area (Å²) in [6, 6.07) is 12.9. The van der Waals surface area contributed by atoms with Crippen LogP contribution in [0.5, 0.6) is 0 Å². The average Bonchev–Trinajstić information content (AvgIpc) is 2.44. The van der Waals surface area contributed by atoms with E-state index in [1.54, 1.807) is 24.3 Å². The molecule has 0 fully saturated rings. The first kappa shape index (κ1) is 16.1. The zero-order valence-corrected chi connectivity index (χ0v) is 14.5.